The topological polar surface area (TPSA) is 30.2 Å². The molecule has 1 fully saturated rings. The van der Waals surface area contributed by atoms with Crippen LogP contribution in [-0.2, 0) is 7.05 Å². The van der Waals surface area contributed by atoms with Crippen molar-refractivity contribution in [1.82, 2.24) is 14.0 Å². The number of hydrogen-bond acceptors (Lipinski definition) is 1. The van der Waals surface area contributed by atoms with Crippen molar-refractivity contribution in [1.29, 1.82) is 0 Å². The Kier molecular flexibility index (Phi) is 3.44. The van der Waals surface area contributed by atoms with E-state index in [1.807, 2.05) is 4.90 Å². The molecule has 0 radical (unpaired) electrons. The van der Waals surface area contributed by atoms with Crippen molar-refractivity contribution in [3.8, 4) is 0 Å². The number of para-hydroxylation sites is 1. The SMILES string of the molecule is CC(C)n1c(C(=O)N2CCC[C@@H]2C)cc2c1c1ccccc1n2C. The zero-order valence-electron chi connectivity index (χ0n) is 14.9. The lowest BCUT2D eigenvalue weighted by Crippen LogP contribution is -2.35. The van der Waals surface area contributed by atoms with Gasteiger partial charge in [0, 0.05) is 31.1 Å². The molecule has 1 saturated heterocycles. The fourth-order valence-corrected chi connectivity index (χ4v) is 4.21. The molecule has 4 nitrogen and oxygen atoms in total. The van der Waals surface area contributed by atoms with Gasteiger partial charge in [-0.1, -0.05) is 18.2 Å². The van der Waals surface area contributed by atoms with E-state index in [0.29, 0.717) is 6.04 Å². The zero-order valence-corrected chi connectivity index (χ0v) is 14.9. The van der Waals surface area contributed by atoms with Crippen molar-refractivity contribution in [3.63, 3.8) is 0 Å². The standard InChI is InChI=1S/C20H25N3O/c1-13(2)23-18(20(24)22-11-7-8-14(22)3)12-17-19(23)15-9-5-6-10-16(15)21(17)4/h5-6,9-10,12-14H,7-8,11H2,1-4H3/t14-/m0/s1. The minimum atomic E-state index is 0.175. The number of benzene rings is 1. The van der Waals surface area contributed by atoms with E-state index in [-0.39, 0.29) is 11.9 Å². The van der Waals surface area contributed by atoms with Crippen LogP contribution in [0, 0.1) is 0 Å². The maximum Gasteiger partial charge on any atom is 0.270 e. The van der Waals surface area contributed by atoms with Gasteiger partial charge in [-0.05, 0) is 45.7 Å². The molecule has 1 atom stereocenters. The summed E-state index contributed by atoms with van der Waals surface area (Å²) in [6.45, 7) is 7.35. The van der Waals surface area contributed by atoms with Gasteiger partial charge in [-0.15, -0.1) is 0 Å². The second-order valence-corrected chi connectivity index (χ2v) is 7.29. The number of nitrogens with zero attached hydrogens (tertiary/aromatic N) is 3. The summed E-state index contributed by atoms with van der Waals surface area (Å²) in [6, 6.07) is 11.1. The van der Waals surface area contributed by atoms with E-state index in [0.717, 1.165) is 30.6 Å². The first-order valence-electron chi connectivity index (χ1n) is 8.90. The average Bonchev–Trinajstić information content (AvgIpc) is 3.22. The highest BCUT2D eigenvalue weighted by atomic mass is 16.2. The summed E-state index contributed by atoms with van der Waals surface area (Å²) < 4.78 is 4.43. The number of likely N-dealkylation sites (tertiary alicyclic amines) is 1. The third-order valence-electron chi connectivity index (χ3n) is 5.45. The molecule has 0 spiro atoms. The lowest BCUT2D eigenvalue weighted by atomic mass is 10.2. The molecule has 24 heavy (non-hydrogen) atoms. The Morgan fingerprint density at radius 1 is 1.21 bits per heavy atom. The van der Waals surface area contributed by atoms with Crippen molar-refractivity contribution in [2.75, 3.05) is 6.54 Å². The number of aryl methyl sites for hydroxylation is 1. The van der Waals surface area contributed by atoms with Gasteiger partial charge < -0.3 is 14.0 Å². The second-order valence-electron chi connectivity index (χ2n) is 7.29. The maximum absolute atomic E-state index is 13.2. The predicted molar refractivity (Wildman–Crippen MR) is 98.5 cm³/mol. The predicted octanol–water partition coefficient (Wildman–Crippen LogP) is 4.34. The number of carbonyl (C=O) groups excluding carboxylic acids is 1. The fraction of sp³-hybridized carbons (Fsp3) is 0.450. The third kappa shape index (κ3) is 2.02. The summed E-state index contributed by atoms with van der Waals surface area (Å²) in [5, 5.41) is 1.22. The van der Waals surface area contributed by atoms with Crippen LogP contribution in [0.1, 0.15) is 50.1 Å². The van der Waals surface area contributed by atoms with Crippen LogP contribution in [-0.4, -0.2) is 32.5 Å². The maximum atomic E-state index is 13.2. The molecule has 4 heteroatoms. The summed E-state index contributed by atoms with van der Waals surface area (Å²) >= 11 is 0. The van der Waals surface area contributed by atoms with Crippen LogP contribution in [0.4, 0.5) is 0 Å². The summed E-state index contributed by atoms with van der Waals surface area (Å²) in [6.07, 6.45) is 2.22. The normalized spacial score (nSPS) is 18.4. The highest BCUT2D eigenvalue weighted by Gasteiger charge is 2.30. The van der Waals surface area contributed by atoms with Gasteiger partial charge >= 0.3 is 0 Å². The number of amides is 1. The van der Waals surface area contributed by atoms with Crippen LogP contribution in [0.15, 0.2) is 30.3 Å². The molecule has 0 aliphatic carbocycles. The van der Waals surface area contributed by atoms with Gasteiger partial charge in [0.2, 0.25) is 0 Å². The van der Waals surface area contributed by atoms with Gasteiger partial charge in [-0.2, -0.15) is 0 Å². The molecule has 3 aromatic rings. The molecule has 2 aromatic heterocycles. The summed E-state index contributed by atoms with van der Waals surface area (Å²) in [5.41, 5.74) is 4.36. The molecule has 0 bridgehead atoms. The first-order valence-corrected chi connectivity index (χ1v) is 8.90. The van der Waals surface area contributed by atoms with E-state index in [2.05, 4.69) is 67.3 Å². The van der Waals surface area contributed by atoms with E-state index < -0.39 is 0 Å². The summed E-state index contributed by atoms with van der Waals surface area (Å²) in [4.78, 5) is 15.2. The van der Waals surface area contributed by atoms with E-state index in [1.165, 1.54) is 16.4 Å². The molecule has 4 rings (SSSR count). The Hall–Kier alpha value is -2.23. The van der Waals surface area contributed by atoms with Crippen LogP contribution in [0.3, 0.4) is 0 Å². The van der Waals surface area contributed by atoms with E-state index in [4.69, 9.17) is 0 Å². The second kappa shape index (κ2) is 5.40. The van der Waals surface area contributed by atoms with Gasteiger partial charge in [0.25, 0.3) is 5.91 Å². The lowest BCUT2D eigenvalue weighted by molar-refractivity contribution is 0.0735. The molecule has 1 aliphatic heterocycles. The quantitative estimate of drug-likeness (QED) is 0.690. The largest absolute Gasteiger partial charge is 0.342 e. The number of rotatable bonds is 2. The molecule has 1 amide bonds. The Labute approximate surface area is 142 Å². The third-order valence-corrected chi connectivity index (χ3v) is 5.45. The Morgan fingerprint density at radius 3 is 2.62 bits per heavy atom. The zero-order chi connectivity index (χ0) is 17.0. The number of carbonyl (C=O) groups is 1. The van der Waals surface area contributed by atoms with Gasteiger partial charge in [-0.3, -0.25) is 4.79 Å². The van der Waals surface area contributed by atoms with Crippen LogP contribution < -0.4 is 0 Å². The average molecular weight is 323 g/mol. The van der Waals surface area contributed by atoms with E-state index in [1.54, 1.807) is 0 Å². The molecule has 3 heterocycles. The van der Waals surface area contributed by atoms with Gasteiger partial charge in [0.1, 0.15) is 5.69 Å². The van der Waals surface area contributed by atoms with Crippen LogP contribution in [0.2, 0.25) is 0 Å². The highest BCUT2D eigenvalue weighted by molar-refractivity contribution is 6.10. The minimum absolute atomic E-state index is 0.175. The summed E-state index contributed by atoms with van der Waals surface area (Å²) in [7, 11) is 2.09. The van der Waals surface area contributed by atoms with Crippen molar-refractivity contribution >= 4 is 27.8 Å². The molecule has 1 aliphatic rings. The number of fused-ring (bicyclic) bond motifs is 3. The first-order chi connectivity index (χ1) is 11.5. The highest BCUT2D eigenvalue weighted by Crippen LogP contribution is 2.34. The Balaban J connectivity index is 1.98. The molecule has 0 N–H and O–H groups in total. The first kappa shape index (κ1) is 15.3. The molecule has 126 valence electrons. The van der Waals surface area contributed by atoms with Gasteiger partial charge in [-0.25, -0.2) is 0 Å². The van der Waals surface area contributed by atoms with E-state index in [9.17, 15) is 4.79 Å². The smallest absolute Gasteiger partial charge is 0.270 e. The monoisotopic (exact) mass is 323 g/mol. The number of hydrogen-bond donors (Lipinski definition) is 0. The Bertz CT molecular complexity index is 931. The van der Waals surface area contributed by atoms with Crippen LogP contribution >= 0.6 is 0 Å². The van der Waals surface area contributed by atoms with Crippen LogP contribution in [0.25, 0.3) is 21.9 Å². The van der Waals surface area contributed by atoms with Crippen molar-refractivity contribution in [2.24, 2.45) is 7.05 Å². The minimum Gasteiger partial charge on any atom is -0.342 e. The number of aromatic nitrogens is 2. The molecular formula is C20H25N3O. The van der Waals surface area contributed by atoms with Crippen molar-refractivity contribution < 1.29 is 4.79 Å². The lowest BCUT2D eigenvalue weighted by Gasteiger charge is -2.23. The fourth-order valence-electron chi connectivity index (χ4n) is 4.21. The molecule has 0 saturated carbocycles. The molecule has 0 unspecified atom stereocenters. The van der Waals surface area contributed by atoms with Gasteiger partial charge in [0.15, 0.2) is 0 Å². The van der Waals surface area contributed by atoms with Crippen LogP contribution in [0.5, 0.6) is 0 Å². The van der Waals surface area contributed by atoms with E-state index >= 15 is 0 Å². The van der Waals surface area contributed by atoms with Gasteiger partial charge in [0.05, 0.1) is 16.6 Å². The summed E-state index contributed by atoms with van der Waals surface area (Å²) in [5.74, 6) is 0.175. The molecule has 1 aromatic carbocycles. The van der Waals surface area contributed by atoms with Crippen molar-refractivity contribution in [3.05, 3.63) is 36.0 Å². The Morgan fingerprint density at radius 2 is 1.96 bits per heavy atom. The van der Waals surface area contributed by atoms with Crippen molar-refractivity contribution in [2.45, 2.75) is 45.7 Å². The molecular weight excluding hydrogens is 298 g/mol.